The summed E-state index contributed by atoms with van der Waals surface area (Å²) in [5.74, 6) is 0.930. The molecule has 0 radical (unpaired) electrons. The molecule has 0 bridgehead atoms. The van der Waals surface area contributed by atoms with Crippen LogP contribution in [-0.4, -0.2) is 28.7 Å². The highest BCUT2D eigenvalue weighted by molar-refractivity contribution is 5.42. The smallest absolute Gasteiger partial charge is 0.128 e. The highest BCUT2D eigenvalue weighted by atomic mass is 16.3. The van der Waals surface area contributed by atoms with Gasteiger partial charge in [0.1, 0.15) is 5.82 Å². The van der Waals surface area contributed by atoms with E-state index in [0.717, 1.165) is 42.9 Å². The molecule has 2 aromatic rings. The molecule has 21 heavy (non-hydrogen) atoms. The molecule has 2 rings (SSSR count). The number of nitrogens with zero attached hydrogens (tertiary/aromatic N) is 3. The first-order valence-electron chi connectivity index (χ1n) is 7.43. The first-order chi connectivity index (χ1) is 10.2. The SMILES string of the molecule is CCCc1cc(CO)cc(N(C)CCc2ccncc2)n1. The summed E-state index contributed by atoms with van der Waals surface area (Å²) >= 11 is 0. The molecule has 112 valence electrons. The third kappa shape index (κ3) is 4.53. The van der Waals surface area contributed by atoms with Crippen molar-refractivity contribution in [3.05, 3.63) is 53.5 Å². The molecule has 0 saturated heterocycles. The summed E-state index contributed by atoms with van der Waals surface area (Å²) in [5, 5.41) is 9.39. The lowest BCUT2D eigenvalue weighted by molar-refractivity contribution is 0.281. The Labute approximate surface area is 126 Å². The Balaban J connectivity index is 2.07. The maximum absolute atomic E-state index is 9.39. The first kappa shape index (κ1) is 15.4. The molecule has 0 aliphatic heterocycles. The number of rotatable bonds is 7. The van der Waals surface area contributed by atoms with Crippen LogP contribution in [0.25, 0.3) is 0 Å². The van der Waals surface area contributed by atoms with Crippen LogP contribution in [0.2, 0.25) is 0 Å². The van der Waals surface area contributed by atoms with Gasteiger partial charge in [0.25, 0.3) is 0 Å². The molecule has 2 aromatic heterocycles. The van der Waals surface area contributed by atoms with Gasteiger partial charge in [-0.2, -0.15) is 0 Å². The molecule has 0 aromatic carbocycles. The standard InChI is InChI=1S/C17H23N3O/c1-3-4-16-11-15(13-21)12-17(19-16)20(2)10-7-14-5-8-18-9-6-14/h5-6,8-9,11-12,21H,3-4,7,10,13H2,1-2H3. The summed E-state index contributed by atoms with van der Waals surface area (Å²) in [6.07, 6.45) is 6.59. The molecule has 0 atom stereocenters. The predicted octanol–water partition coefficient (Wildman–Crippen LogP) is 2.60. The molecule has 0 unspecified atom stereocenters. The Bertz CT molecular complexity index is 557. The van der Waals surface area contributed by atoms with Crippen molar-refractivity contribution in [2.45, 2.75) is 32.8 Å². The van der Waals surface area contributed by atoms with E-state index in [1.807, 2.05) is 43.7 Å². The number of anilines is 1. The van der Waals surface area contributed by atoms with Gasteiger partial charge in [0.15, 0.2) is 0 Å². The Hall–Kier alpha value is -1.94. The molecule has 0 spiro atoms. The van der Waals surface area contributed by atoms with Gasteiger partial charge in [0.2, 0.25) is 0 Å². The number of aliphatic hydroxyl groups is 1. The molecular formula is C17H23N3O. The van der Waals surface area contributed by atoms with Crippen molar-refractivity contribution in [1.29, 1.82) is 0 Å². The summed E-state index contributed by atoms with van der Waals surface area (Å²) in [6, 6.07) is 8.03. The normalized spacial score (nSPS) is 10.6. The fourth-order valence-electron chi connectivity index (χ4n) is 2.27. The Morgan fingerprint density at radius 2 is 1.86 bits per heavy atom. The number of hydrogen-bond donors (Lipinski definition) is 1. The van der Waals surface area contributed by atoms with E-state index >= 15 is 0 Å². The van der Waals surface area contributed by atoms with Crippen LogP contribution >= 0.6 is 0 Å². The number of pyridine rings is 2. The molecule has 4 nitrogen and oxygen atoms in total. The Morgan fingerprint density at radius 3 is 2.52 bits per heavy atom. The van der Waals surface area contributed by atoms with Gasteiger partial charge in [-0.25, -0.2) is 4.98 Å². The van der Waals surface area contributed by atoms with Gasteiger partial charge in [0, 0.05) is 31.7 Å². The predicted molar refractivity (Wildman–Crippen MR) is 85.4 cm³/mol. The monoisotopic (exact) mass is 285 g/mol. The van der Waals surface area contributed by atoms with Gasteiger partial charge < -0.3 is 10.0 Å². The lowest BCUT2D eigenvalue weighted by Crippen LogP contribution is -2.22. The van der Waals surface area contributed by atoms with Crippen molar-refractivity contribution in [2.24, 2.45) is 0 Å². The van der Waals surface area contributed by atoms with Crippen LogP contribution in [0.15, 0.2) is 36.7 Å². The lowest BCUT2D eigenvalue weighted by Gasteiger charge is -2.20. The van der Waals surface area contributed by atoms with Crippen molar-refractivity contribution in [2.75, 3.05) is 18.5 Å². The minimum atomic E-state index is 0.0599. The second-order valence-corrected chi connectivity index (χ2v) is 5.26. The van der Waals surface area contributed by atoms with Gasteiger partial charge in [-0.1, -0.05) is 13.3 Å². The zero-order valence-corrected chi connectivity index (χ0v) is 12.8. The lowest BCUT2D eigenvalue weighted by atomic mass is 10.1. The van der Waals surface area contributed by atoms with Gasteiger partial charge >= 0.3 is 0 Å². The van der Waals surface area contributed by atoms with Crippen LogP contribution in [0, 0.1) is 0 Å². The molecule has 0 aliphatic rings. The average Bonchev–Trinajstić information content (AvgIpc) is 2.53. The largest absolute Gasteiger partial charge is 0.392 e. The number of aromatic nitrogens is 2. The van der Waals surface area contributed by atoms with Crippen LogP contribution in [-0.2, 0) is 19.4 Å². The van der Waals surface area contributed by atoms with Gasteiger partial charge in [0.05, 0.1) is 6.61 Å². The number of likely N-dealkylation sites (N-methyl/N-ethyl adjacent to an activating group) is 1. The van der Waals surface area contributed by atoms with E-state index in [2.05, 4.69) is 21.8 Å². The van der Waals surface area contributed by atoms with Gasteiger partial charge in [-0.05, 0) is 48.2 Å². The summed E-state index contributed by atoms with van der Waals surface area (Å²) in [5.41, 5.74) is 3.25. The fraction of sp³-hybridized carbons (Fsp3) is 0.412. The Kier molecular flexibility index (Phi) is 5.69. The van der Waals surface area contributed by atoms with Gasteiger partial charge in [-0.3, -0.25) is 4.98 Å². The second-order valence-electron chi connectivity index (χ2n) is 5.26. The zero-order valence-electron chi connectivity index (χ0n) is 12.8. The minimum absolute atomic E-state index is 0.0599. The fourth-order valence-corrected chi connectivity index (χ4v) is 2.27. The van der Waals surface area contributed by atoms with Crippen LogP contribution < -0.4 is 4.90 Å². The summed E-state index contributed by atoms with van der Waals surface area (Å²) in [7, 11) is 2.04. The van der Waals surface area contributed by atoms with E-state index in [-0.39, 0.29) is 6.61 Å². The molecule has 0 fully saturated rings. The van der Waals surface area contributed by atoms with Crippen molar-refractivity contribution in [3.63, 3.8) is 0 Å². The molecule has 0 amide bonds. The third-order valence-electron chi connectivity index (χ3n) is 3.49. The number of aryl methyl sites for hydroxylation is 1. The summed E-state index contributed by atoms with van der Waals surface area (Å²) in [6.45, 7) is 3.09. The maximum Gasteiger partial charge on any atom is 0.128 e. The van der Waals surface area contributed by atoms with E-state index < -0.39 is 0 Å². The van der Waals surface area contributed by atoms with E-state index in [1.54, 1.807) is 0 Å². The van der Waals surface area contributed by atoms with Crippen molar-refractivity contribution < 1.29 is 5.11 Å². The summed E-state index contributed by atoms with van der Waals surface area (Å²) in [4.78, 5) is 10.9. The van der Waals surface area contributed by atoms with Crippen molar-refractivity contribution in [3.8, 4) is 0 Å². The highest BCUT2D eigenvalue weighted by Gasteiger charge is 2.07. The molecular weight excluding hydrogens is 262 g/mol. The average molecular weight is 285 g/mol. The Morgan fingerprint density at radius 1 is 1.10 bits per heavy atom. The van der Waals surface area contributed by atoms with E-state index in [4.69, 9.17) is 0 Å². The van der Waals surface area contributed by atoms with Crippen LogP contribution in [0.1, 0.15) is 30.2 Å². The van der Waals surface area contributed by atoms with Crippen LogP contribution in [0.3, 0.4) is 0 Å². The maximum atomic E-state index is 9.39. The molecule has 2 heterocycles. The first-order valence-corrected chi connectivity index (χ1v) is 7.43. The number of hydrogen-bond acceptors (Lipinski definition) is 4. The van der Waals surface area contributed by atoms with Crippen molar-refractivity contribution in [1.82, 2.24) is 9.97 Å². The number of aliphatic hydroxyl groups excluding tert-OH is 1. The van der Waals surface area contributed by atoms with Gasteiger partial charge in [-0.15, -0.1) is 0 Å². The highest BCUT2D eigenvalue weighted by Crippen LogP contribution is 2.16. The van der Waals surface area contributed by atoms with E-state index in [9.17, 15) is 5.11 Å². The minimum Gasteiger partial charge on any atom is -0.392 e. The molecule has 1 N–H and O–H groups in total. The van der Waals surface area contributed by atoms with E-state index in [0.29, 0.717) is 0 Å². The molecule has 0 saturated carbocycles. The molecule has 0 aliphatic carbocycles. The third-order valence-corrected chi connectivity index (χ3v) is 3.49. The molecule has 4 heteroatoms. The second kappa shape index (κ2) is 7.74. The quantitative estimate of drug-likeness (QED) is 0.849. The zero-order chi connectivity index (χ0) is 15.1. The topological polar surface area (TPSA) is 49.2 Å². The van der Waals surface area contributed by atoms with Crippen molar-refractivity contribution >= 4 is 5.82 Å². The van der Waals surface area contributed by atoms with Crippen LogP contribution in [0.4, 0.5) is 5.82 Å². The van der Waals surface area contributed by atoms with Crippen LogP contribution in [0.5, 0.6) is 0 Å². The summed E-state index contributed by atoms with van der Waals surface area (Å²) < 4.78 is 0. The van der Waals surface area contributed by atoms with E-state index in [1.165, 1.54) is 5.56 Å².